The number of anilines is 3. The molecule has 168 valence electrons. The summed E-state index contributed by atoms with van der Waals surface area (Å²) in [5, 5.41) is 5.62. The zero-order chi connectivity index (χ0) is 23.0. The summed E-state index contributed by atoms with van der Waals surface area (Å²) in [6, 6.07) is 9.52. The van der Waals surface area contributed by atoms with Gasteiger partial charge in [-0.25, -0.2) is 0 Å². The molecule has 2 aromatic rings. The van der Waals surface area contributed by atoms with Crippen molar-refractivity contribution in [2.24, 2.45) is 0 Å². The van der Waals surface area contributed by atoms with Crippen LogP contribution < -0.4 is 15.5 Å². The second kappa shape index (κ2) is 8.22. The van der Waals surface area contributed by atoms with Crippen LogP contribution in [0.3, 0.4) is 0 Å². The number of benzene rings is 2. The minimum atomic E-state index is -4.55. The van der Waals surface area contributed by atoms with E-state index in [-0.39, 0.29) is 23.2 Å². The molecule has 0 spiro atoms. The Morgan fingerprint density at radius 2 is 1.84 bits per heavy atom. The first-order chi connectivity index (χ1) is 15.1. The topological polar surface area (TPSA) is 64.7 Å². The number of piperazine rings is 1. The predicted molar refractivity (Wildman–Crippen MR) is 117 cm³/mol. The molecule has 2 amide bonds. The number of halogens is 3. The maximum atomic E-state index is 13.8. The first-order valence-corrected chi connectivity index (χ1v) is 10.2. The third-order valence-corrected chi connectivity index (χ3v) is 5.79. The van der Waals surface area contributed by atoms with Gasteiger partial charge in [0.05, 0.1) is 11.1 Å². The summed E-state index contributed by atoms with van der Waals surface area (Å²) in [6.07, 6.45) is -3.11. The number of nitrogens with zero attached hydrogens (tertiary/aromatic N) is 2. The van der Waals surface area contributed by atoms with Gasteiger partial charge >= 0.3 is 6.18 Å². The van der Waals surface area contributed by atoms with Crippen molar-refractivity contribution < 1.29 is 22.8 Å². The molecule has 9 heteroatoms. The molecule has 1 fully saturated rings. The van der Waals surface area contributed by atoms with E-state index in [0.717, 1.165) is 17.2 Å². The zero-order valence-electron chi connectivity index (χ0n) is 17.7. The van der Waals surface area contributed by atoms with E-state index < -0.39 is 11.7 Å². The number of nitrogens with one attached hydrogen (secondary N) is 2. The number of hydrogen-bond donors (Lipinski definition) is 2. The quantitative estimate of drug-likeness (QED) is 0.700. The van der Waals surface area contributed by atoms with E-state index in [2.05, 4.69) is 10.6 Å². The first-order valence-electron chi connectivity index (χ1n) is 10.2. The zero-order valence-corrected chi connectivity index (χ0v) is 17.7. The van der Waals surface area contributed by atoms with Gasteiger partial charge in [-0.05, 0) is 36.8 Å². The molecule has 32 heavy (non-hydrogen) atoms. The van der Waals surface area contributed by atoms with Gasteiger partial charge in [0, 0.05) is 61.9 Å². The third-order valence-electron chi connectivity index (χ3n) is 5.79. The van der Waals surface area contributed by atoms with Gasteiger partial charge in [-0.2, -0.15) is 13.2 Å². The second-order valence-corrected chi connectivity index (χ2v) is 7.88. The van der Waals surface area contributed by atoms with Crippen molar-refractivity contribution in [3.63, 3.8) is 0 Å². The average molecular weight is 444 g/mol. The average Bonchev–Trinajstić information content (AvgIpc) is 3.08. The van der Waals surface area contributed by atoms with Gasteiger partial charge in [0.15, 0.2) is 0 Å². The molecule has 2 aliphatic heterocycles. The summed E-state index contributed by atoms with van der Waals surface area (Å²) in [4.78, 5) is 27.1. The van der Waals surface area contributed by atoms with Crippen LogP contribution in [0.2, 0.25) is 0 Å². The van der Waals surface area contributed by atoms with Crippen molar-refractivity contribution in [2.75, 3.05) is 41.7 Å². The molecular formula is C23H23F3N4O2. The number of amides is 2. The Bertz CT molecular complexity index is 1100. The molecule has 2 heterocycles. The molecule has 2 aromatic carbocycles. The largest absolute Gasteiger partial charge is 0.418 e. The van der Waals surface area contributed by atoms with Gasteiger partial charge in [0.25, 0.3) is 5.91 Å². The van der Waals surface area contributed by atoms with Crippen molar-refractivity contribution in [3.05, 3.63) is 59.3 Å². The monoisotopic (exact) mass is 444 g/mol. The number of carbonyl (C=O) groups is 2. The highest BCUT2D eigenvalue weighted by molar-refractivity contribution is 6.32. The minimum Gasteiger partial charge on any atom is -0.367 e. The van der Waals surface area contributed by atoms with E-state index in [1.807, 2.05) is 19.1 Å². The number of rotatable bonds is 3. The summed E-state index contributed by atoms with van der Waals surface area (Å²) in [5.74, 6) is -0.390. The molecule has 0 aliphatic carbocycles. The highest BCUT2D eigenvalue weighted by atomic mass is 19.4. The van der Waals surface area contributed by atoms with Crippen molar-refractivity contribution in [3.8, 4) is 0 Å². The van der Waals surface area contributed by atoms with Crippen molar-refractivity contribution >= 4 is 34.4 Å². The van der Waals surface area contributed by atoms with Crippen LogP contribution in [0, 0.1) is 6.92 Å². The fourth-order valence-corrected chi connectivity index (χ4v) is 4.12. The smallest absolute Gasteiger partial charge is 0.367 e. The lowest BCUT2D eigenvalue weighted by molar-refractivity contribution is -0.137. The van der Waals surface area contributed by atoms with E-state index in [1.165, 1.54) is 19.2 Å². The molecule has 0 saturated carbocycles. The van der Waals surface area contributed by atoms with Gasteiger partial charge in [0.1, 0.15) is 0 Å². The van der Waals surface area contributed by atoms with Crippen molar-refractivity contribution in [1.29, 1.82) is 0 Å². The Morgan fingerprint density at radius 1 is 1.12 bits per heavy atom. The van der Waals surface area contributed by atoms with E-state index in [1.54, 1.807) is 21.9 Å². The summed E-state index contributed by atoms with van der Waals surface area (Å²) < 4.78 is 41.5. The van der Waals surface area contributed by atoms with Crippen LogP contribution in [0.25, 0.3) is 5.57 Å². The van der Waals surface area contributed by atoms with E-state index in [4.69, 9.17) is 0 Å². The standard InChI is InChI=1S/C23H23F3N4O2/c1-14-4-3-5-19-21(14)17(22(32)28-19)13-27-16-6-7-20(18(12-16)23(24,25)26)30-10-8-29(9-11-30)15(2)31/h3-7,12-13,27H,8-11H2,1-2H3,(H,28,32)/b17-13+. The Labute approximate surface area is 183 Å². The van der Waals surface area contributed by atoms with E-state index in [0.29, 0.717) is 37.4 Å². The van der Waals surface area contributed by atoms with Crippen LogP contribution in [-0.4, -0.2) is 42.9 Å². The lowest BCUT2D eigenvalue weighted by Crippen LogP contribution is -2.48. The summed E-state index contributed by atoms with van der Waals surface area (Å²) >= 11 is 0. The number of aryl methyl sites for hydroxylation is 1. The number of hydrogen-bond acceptors (Lipinski definition) is 4. The molecule has 4 rings (SSSR count). The highest BCUT2D eigenvalue weighted by Gasteiger charge is 2.36. The Balaban J connectivity index is 1.60. The molecule has 2 N–H and O–H groups in total. The Kier molecular flexibility index (Phi) is 5.58. The third kappa shape index (κ3) is 4.15. The van der Waals surface area contributed by atoms with Gasteiger partial charge in [0.2, 0.25) is 5.91 Å². The number of carbonyl (C=O) groups excluding carboxylic acids is 2. The van der Waals surface area contributed by atoms with E-state index in [9.17, 15) is 22.8 Å². The van der Waals surface area contributed by atoms with Gasteiger partial charge in [-0.15, -0.1) is 0 Å². The van der Waals surface area contributed by atoms with Crippen LogP contribution in [0.4, 0.5) is 30.2 Å². The van der Waals surface area contributed by atoms with Gasteiger partial charge < -0.3 is 20.4 Å². The maximum absolute atomic E-state index is 13.8. The lowest BCUT2D eigenvalue weighted by Gasteiger charge is -2.36. The molecule has 1 saturated heterocycles. The van der Waals surface area contributed by atoms with Gasteiger partial charge in [-0.1, -0.05) is 12.1 Å². The fraction of sp³-hybridized carbons (Fsp3) is 0.304. The number of fused-ring (bicyclic) bond motifs is 1. The molecule has 2 aliphatic rings. The minimum absolute atomic E-state index is 0.0821. The lowest BCUT2D eigenvalue weighted by atomic mass is 10.0. The fourth-order valence-electron chi connectivity index (χ4n) is 4.12. The number of alkyl halides is 3. The normalized spacial score (nSPS) is 17.4. The van der Waals surface area contributed by atoms with E-state index >= 15 is 0 Å². The van der Waals surface area contributed by atoms with Crippen LogP contribution in [-0.2, 0) is 15.8 Å². The van der Waals surface area contributed by atoms with Gasteiger partial charge in [-0.3, -0.25) is 9.59 Å². The molecule has 6 nitrogen and oxygen atoms in total. The Morgan fingerprint density at radius 3 is 2.50 bits per heavy atom. The summed E-state index contributed by atoms with van der Waals surface area (Å²) in [7, 11) is 0. The van der Waals surface area contributed by atoms with Crippen molar-refractivity contribution in [1.82, 2.24) is 4.90 Å². The first kappa shape index (κ1) is 21.7. The molecule has 0 unspecified atom stereocenters. The summed E-state index contributed by atoms with van der Waals surface area (Å²) in [5.41, 5.74) is 2.23. The van der Waals surface area contributed by atoms with Crippen LogP contribution >= 0.6 is 0 Å². The van der Waals surface area contributed by atoms with Crippen LogP contribution in [0.5, 0.6) is 0 Å². The Hall–Kier alpha value is -3.49. The molecule has 0 bridgehead atoms. The maximum Gasteiger partial charge on any atom is 0.418 e. The SMILES string of the molecule is CC(=O)N1CCN(c2ccc(N/C=C3/C(=O)Nc4cccc(C)c43)cc2C(F)(F)F)CC1. The molecule has 0 radical (unpaired) electrons. The molecular weight excluding hydrogens is 421 g/mol. The van der Waals surface area contributed by atoms with Crippen molar-refractivity contribution in [2.45, 2.75) is 20.0 Å². The molecule has 0 atom stereocenters. The second-order valence-electron chi connectivity index (χ2n) is 7.88. The molecule has 0 aromatic heterocycles. The van der Waals surface area contributed by atoms with Crippen LogP contribution in [0.15, 0.2) is 42.6 Å². The van der Waals surface area contributed by atoms with Crippen LogP contribution in [0.1, 0.15) is 23.6 Å². The predicted octanol–water partition coefficient (Wildman–Crippen LogP) is 4.09. The summed E-state index contributed by atoms with van der Waals surface area (Å²) in [6.45, 7) is 4.75. The highest BCUT2D eigenvalue weighted by Crippen LogP contribution is 2.39.